The van der Waals surface area contributed by atoms with Crippen LogP contribution in [0.25, 0.3) is 5.70 Å². The summed E-state index contributed by atoms with van der Waals surface area (Å²) < 4.78 is 9.70. The smallest absolute Gasteiger partial charge is 0.332 e. The first kappa shape index (κ1) is 20.3. The molecule has 0 radical (unpaired) electrons. The van der Waals surface area contributed by atoms with Crippen molar-refractivity contribution in [3.05, 3.63) is 71.4 Å². The number of allylic oxidation sites excluding steroid dienone is 2. The summed E-state index contributed by atoms with van der Waals surface area (Å²) in [7, 11) is 0. The molecule has 5 rings (SSSR count). The van der Waals surface area contributed by atoms with Gasteiger partial charge in [0, 0.05) is 49.2 Å². The second-order valence-corrected chi connectivity index (χ2v) is 8.91. The van der Waals surface area contributed by atoms with E-state index < -0.39 is 0 Å². The average Bonchev–Trinajstić information content (AvgIpc) is 3.45. The Morgan fingerprint density at radius 1 is 1.00 bits per heavy atom. The zero-order valence-electron chi connectivity index (χ0n) is 18.0. The van der Waals surface area contributed by atoms with Gasteiger partial charge in [0.05, 0.1) is 0 Å². The first-order valence-corrected chi connectivity index (χ1v) is 11.6. The predicted molar refractivity (Wildman–Crippen MR) is 123 cm³/mol. The van der Waals surface area contributed by atoms with Crippen LogP contribution in [0.3, 0.4) is 0 Å². The minimum absolute atomic E-state index is 0.00165. The molecule has 2 N–H and O–H groups in total. The van der Waals surface area contributed by atoms with Crippen molar-refractivity contribution < 1.29 is 4.74 Å². The molecule has 31 heavy (non-hydrogen) atoms. The number of hydrogen-bond donors (Lipinski definition) is 2. The van der Waals surface area contributed by atoms with Gasteiger partial charge < -0.3 is 15.4 Å². The highest BCUT2D eigenvalue weighted by molar-refractivity contribution is 5.58. The maximum absolute atomic E-state index is 13.1. The van der Waals surface area contributed by atoms with Gasteiger partial charge in [-0.1, -0.05) is 24.3 Å². The molecule has 2 heterocycles. The first-order chi connectivity index (χ1) is 15.3. The van der Waals surface area contributed by atoms with Crippen LogP contribution < -0.4 is 21.1 Å². The van der Waals surface area contributed by atoms with E-state index in [1.54, 1.807) is 4.57 Å². The van der Waals surface area contributed by atoms with E-state index in [0.29, 0.717) is 18.1 Å². The number of rotatable bonds is 6. The van der Waals surface area contributed by atoms with Crippen LogP contribution in [0.1, 0.15) is 44.6 Å². The number of nitrogens with zero attached hydrogens (tertiary/aromatic N) is 2. The molecule has 2 aromatic rings. The van der Waals surface area contributed by atoms with E-state index in [9.17, 15) is 4.79 Å². The lowest BCUT2D eigenvalue weighted by molar-refractivity contribution is 0.252. The van der Waals surface area contributed by atoms with Crippen molar-refractivity contribution in [1.82, 2.24) is 19.8 Å². The molecule has 164 valence electrons. The molecule has 0 amide bonds. The number of imidazole rings is 1. The van der Waals surface area contributed by atoms with Gasteiger partial charge in [-0.15, -0.1) is 0 Å². The topological polar surface area (TPSA) is 60.2 Å². The summed E-state index contributed by atoms with van der Waals surface area (Å²) in [5.41, 5.74) is 0.996. The van der Waals surface area contributed by atoms with Crippen LogP contribution in [0.15, 0.2) is 65.7 Å². The molecular formula is C25H32N4O2. The van der Waals surface area contributed by atoms with Crippen molar-refractivity contribution in [2.24, 2.45) is 0 Å². The van der Waals surface area contributed by atoms with E-state index >= 15 is 0 Å². The van der Waals surface area contributed by atoms with Crippen LogP contribution in [0.4, 0.5) is 0 Å². The Morgan fingerprint density at radius 2 is 1.84 bits per heavy atom. The molecule has 2 aliphatic carbocycles. The van der Waals surface area contributed by atoms with Gasteiger partial charge in [-0.3, -0.25) is 9.13 Å². The quantitative estimate of drug-likeness (QED) is 0.753. The van der Waals surface area contributed by atoms with Crippen molar-refractivity contribution in [3.8, 4) is 5.75 Å². The third-order valence-electron chi connectivity index (χ3n) is 6.77. The Hall–Kier alpha value is -2.57. The van der Waals surface area contributed by atoms with Crippen LogP contribution in [-0.2, 0) is 0 Å². The van der Waals surface area contributed by atoms with Gasteiger partial charge >= 0.3 is 5.69 Å². The fraction of sp³-hybridized carbons (Fsp3) is 0.480. The lowest BCUT2D eigenvalue weighted by Crippen LogP contribution is -2.42. The van der Waals surface area contributed by atoms with Crippen LogP contribution in [0, 0.1) is 0 Å². The molecule has 0 spiro atoms. The van der Waals surface area contributed by atoms with Crippen molar-refractivity contribution in [3.63, 3.8) is 0 Å². The second-order valence-electron chi connectivity index (χ2n) is 8.91. The maximum Gasteiger partial charge on any atom is 0.332 e. The monoisotopic (exact) mass is 420 g/mol. The molecule has 6 heteroatoms. The van der Waals surface area contributed by atoms with E-state index in [1.807, 2.05) is 59.4 Å². The Balaban J connectivity index is 1.18. The molecule has 1 saturated heterocycles. The van der Waals surface area contributed by atoms with Crippen LogP contribution in [0.2, 0.25) is 0 Å². The van der Waals surface area contributed by atoms with E-state index in [-0.39, 0.29) is 11.8 Å². The first-order valence-electron chi connectivity index (χ1n) is 11.6. The normalized spacial score (nSPS) is 28.5. The maximum atomic E-state index is 13.1. The summed E-state index contributed by atoms with van der Waals surface area (Å²) in [6, 6.07) is 11.4. The van der Waals surface area contributed by atoms with Gasteiger partial charge in [0.15, 0.2) is 0 Å². The van der Waals surface area contributed by atoms with Gasteiger partial charge in [-0.25, -0.2) is 4.79 Å². The van der Waals surface area contributed by atoms with Crippen molar-refractivity contribution in [2.45, 2.75) is 62.8 Å². The lowest BCUT2D eigenvalue weighted by atomic mass is 9.90. The fourth-order valence-corrected chi connectivity index (χ4v) is 5.05. The lowest BCUT2D eigenvalue weighted by Gasteiger charge is -2.31. The Kier molecular flexibility index (Phi) is 6.09. The zero-order valence-corrected chi connectivity index (χ0v) is 18.0. The Bertz CT molecular complexity index is 976. The summed E-state index contributed by atoms with van der Waals surface area (Å²) in [5.74, 6) is 0.867. The number of aromatic nitrogens is 2. The molecule has 1 saturated carbocycles. The third-order valence-corrected chi connectivity index (χ3v) is 6.77. The van der Waals surface area contributed by atoms with Gasteiger partial charge in [-0.2, -0.15) is 0 Å². The summed E-state index contributed by atoms with van der Waals surface area (Å²) in [6.45, 7) is 2.21. The second kappa shape index (κ2) is 9.28. The largest absolute Gasteiger partial charge is 0.486 e. The number of hydrogen-bond acceptors (Lipinski definition) is 4. The SMILES string of the molecule is O=c1n(C2=CCC(Oc3ccccc3)C=C2)ccn1C1CCC(NC2CCNC2)CC1. The molecule has 0 bridgehead atoms. The molecule has 1 aliphatic heterocycles. The molecule has 1 aromatic carbocycles. The van der Waals surface area contributed by atoms with Gasteiger partial charge in [-0.05, 0) is 62.9 Å². The number of nitrogens with one attached hydrogen (secondary N) is 2. The predicted octanol–water partition coefficient (Wildman–Crippen LogP) is 3.33. The highest BCUT2D eigenvalue weighted by atomic mass is 16.5. The zero-order chi connectivity index (χ0) is 21.0. The van der Waals surface area contributed by atoms with Gasteiger partial charge in [0.25, 0.3) is 0 Å². The van der Waals surface area contributed by atoms with Crippen molar-refractivity contribution in [1.29, 1.82) is 0 Å². The number of para-hydroxylation sites is 1. The molecule has 3 aliphatic rings. The minimum Gasteiger partial charge on any atom is -0.486 e. The minimum atomic E-state index is 0.00165. The van der Waals surface area contributed by atoms with E-state index in [0.717, 1.165) is 56.6 Å². The van der Waals surface area contributed by atoms with Crippen molar-refractivity contribution >= 4 is 5.70 Å². The van der Waals surface area contributed by atoms with Crippen LogP contribution in [-0.4, -0.2) is 40.4 Å². The standard InChI is InChI=1S/C25H32N4O2/c30-25-28(21-8-6-19(7-9-21)27-20-14-15-26-18-20)16-17-29(25)22-10-12-24(13-11-22)31-23-4-2-1-3-5-23/h1-5,10-12,16-17,19-21,24,26-27H,6-9,13-15,18H2. The molecular weight excluding hydrogens is 388 g/mol. The van der Waals surface area contributed by atoms with Crippen molar-refractivity contribution in [2.75, 3.05) is 13.1 Å². The van der Waals surface area contributed by atoms with E-state index in [2.05, 4.69) is 16.7 Å². The van der Waals surface area contributed by atoms with Crippen LogP contribution >= 0.6 is 0 Å². The van der Waals surface area contributed by atoms with Crippen LogP contribution in [0.5, 0.6) is 5.75 Å². The molecule has 2 unspecified atom stereocenters. The molecule has 2 fully saturated rings. The summed E-state index contributed by atoms with van der Waals surface area (Å²) >= 11 is 0. The van der Waals surface area contributed by atoms with Gasteiger partial charge in [0.2, 0.25) is 0 Å². The summed E-state index contributed by atoms with van der Waals surface area (Å²) in [4.78, 5) is 13.1. The number of ether oxygens (including phenoxy) is 1. The average molecular weight is 421 g/mol. The van der Waals surface area contributed by atoms with E-state index in [1.165, 1.54) is 6.42 Å². The highest BCUT2D eigenvalue weighted by Gasteiger charge is 2.26. The summed E-state index contributed by atoms with van der Waals surface area (Å²) in [6.07, 6.45) is 16.4. The number of benzene rings is 1. The Labute approximate surface area is 183 Å². The third kappa shape index (κ3) is 4.70. The molecule has 1 aromatic heterocycles. The summed E-state index contributed by atoms with van der Waals surface area (Å²) in [5, 5.41) is 7.22. The molecule has 2 atom stereocenters. The van der Waals surface area contributed by atoms with E-state index in [4.69, 9.17) is 4.74 Å². The Morgan fingerprint density at radius 3 is 2.55 bits per heavy atom. The van der Waals surface area contributed by atoms with Gasteiger partial charge in [0.1, 0.15) is 11.9 Å². The highest BCUT2D eigenvalue weighted by Crippen LogP contribution is 2.28. The fourth-order valence-electron chi connectivity index (χ4n) is 5.05. The molecule has 6 nitrogen and oxygen atoms in total.